The maximum Gasteiger partial charge on any atom is 0.272 e. The standard InChI is InChI=1S/C11H16FN3O4S/c1-8(6-13-2)7-14-20(18,19)11-4-3-9(15(16)17)5-10(11)12/h3-5,8,13-14H,6-7H2,1-2H3. The molecule has 0 fully saturated rings. The Kier molecular flexibility index (Phi) is 5.54. The summed E-state index contributed by atoms with van der Waals surface area (Å²) in [5.74, 6) is -1.12. The third-order valence-corrected chi connectivity index (χ3v) is 4.05. The Morgan fingerprint density at radius 1 is 1.40 bits per heavy atom. The van der Waals surface area contributed by atoms with Gasteiger partial charge in [-0.05, 0) is 25.6 Å². The van der Waals surface area contributed by atoms with Crippen molar-refractivity contribution in [3.8, 4) is 0 Å². The van der Waals surface area contributed by atoms with Gasteiger partial charge in [0.1, 0.15) is 10.7 Å². The zero-order valence-electron chi connectivity index (χ0n) is 11.1. The van der Waals surface area contributed by atoms with Gasteiger partial charge in [-0.1, -0.05) is 6.92 Å². The molecule has 1 atom stereocenters. The normalized spacial score (nSPS) is 13.2. The lowest BCUT2D eigenvalue weighted by Gasteiger charge is -2.12. The van der Waals surface area contributed by atoms with E-state index in [4.69, 9.17) is 0 Å². The molecule has 1 aromatic rings. The minimum atomic E-state index is -4.02. The lowest BCUT2D eigenvalue weighted by atomic mass is 10.2. The molecule has 1 unspecified atom stereocenters. The molecule has 7 nitrogen and oxygen atoms in total. The van der Waals surface area contributed by atoms with Gasteiger partial charge in [-0.3, -0.25) is 10.1 Å². The number of nitro benzene ring substituents is 1. The average Bonchev–Trinajstić information content (AvgIpc) is 2.36. The molecule has 0 radical (unpaired) electrons. The number of halogens is 1. The number of nitrogens with one attached hydrogen (secondary N) is 2. The van der Waals surface area contributed by atoms with Crippen molar-refractivity contribution < 1.29 is 17.7 Å². The molecule has 0 aliphatic rings. The van der Waals surface area contributed by atoms with Crippen molar-refractivity contribution in [2.45, 2.75) is 11.8 Å². The molecule has 0 heterocycles. The molecule has 0 saturated carbocycles. The molecule has 0 bridgehead atoms. The first-order chi connectivity index (χ1) is 9.27. The van der Waals surface area contributed by atoms with Crippen molar-refractivity contribution in [3.05, 3.63) is 34.1 Å². The number of non-ortho nitro benzene ring substituents is 1. The molecule has 112 valence electrons. The van der Waals surface area contributed by atoms with Gasteiger partial charge in [-0.25, -0.2) is 17.5 Å². The van der Waals surface area contributed by atoms with Crippen LogP contribution in [0.2, 0.25) is 0 Å². The molecule has 0 aliphatic carbocycles. The Labute approximate surface area is 116 Å². The van der Waals surface area contributed by atoms with Crippen LogP contribution in [0.25, 0.3) is 0 Å². The zero-order chi connectivity index (χ0) is 15.3. The van der Waals surface area contributed by atoms with Gasteiger partial charge in [0.25, 0.3) is 5.69 Å². The summed E-state index contributed by atoms with van der Waals surface area (Å²) in [5, 5.41) is 13.4. The van der Waals surface area contributed by atoms with Crippen molar-refractivity contribution in [2.24, 2.45) is 5.92 Å². The van der Waals surface area contributed by atoms with E-state index in [1.165, 1.54) is 0 Å². The van der Waals surface area contributed by atoms with E-state index in [2.05, 4.69) is 10.0 Å². The molecule has 0 aromatic heterocycles. The van der Waals surface area contributed by atoms with E-state index in [0.29, 0.717) is 12.6 Å². The predicted octanol–water partition coefficient (Wildman–Crippen LogP) is 0.868. The fourth-order valence-corrected chi connectivity index (χ4v) is 2.79. The van der Waals surface area contributed by atoms with Gasteiger partial charge in [-0.2, -0.15) is 0 Å². The summed E-state index contributed by atoms with van der Waals surface area (Å²) < 4.78 is 39.7. The smallest absolute Gasteiger partial charge is 0.272 e. The fourth-order valence-electron chi connectivity index (χ4n) is 1.57. The maximum atomic E-state index is 13.6. The Morgan fingerprint density at radius 2 is 2.05 bits per heavy atom. The third kappa shape index (κ3) is 4.22. The van der Waals surface area contributed by atoms with Crippen LogP contribution in [0.15, 0.2) is 23.1 Å². The number of sulfonamides is 1. The summed E-state index contributed by atoms with van der Waals surface area (Å²) in [7, 11) is -2.29. The zero-order valence-corrected chi connectivity index (χ0v) is 11.9. The molecule has 0 saturated heterocycles. The van der Waals surface area contributed by atoms with E-state index < -0.39 is 31.3 Å². The highest BCUT2D eigenvalue weighted by molar-refractivity contribution is 7.89. The number of hydrogen-bond donors (Lipinski definition) is 2. The van der Waals surface area contributed by atoms with Crippen LogP contribution < -0.4 is 10.0 Å². The Morgan fingerprint density at radius 3 is 2.55 bits per heavy atom. The minimum absolute atomic E-state index is 0.0240. The highest BCUT2D eigenvalue weighted by Crippen LogP contribution is 2.20. The van der Waals surface area contributed by atoms with Crippen LogP contribution in [0, 0.1) is 21.8 Å². The molecular formula is C11H16FN3O4S. The fraction of sp³-hybridized carbons (Fsp3) is 0.455. The first-order valence-electron chi connectivity index (χ1n) is 5.86. The Hall–Kier alpha value is -1.58. The average molecular weight is 305 g/mol. The number of benzene rings is 1. The molecule has 0 amide bonds. The second-order valence-corrected chi connectivity index (χ2v) is 6.12. The largest absolute Gasteiger partial charge is 0.319 e. The summed E-state index contributed by atoms with van der Waals surface area (Å²) in [5.41, 5.74) is -0.495. The van der Waals surface area contributed by atoms with Crippen LogP contribution in [-0.4, -0.2) is 33.5 Å². The predicted molar refractivity (Wildman–Crippen MR) is 71.3 cm³/mol. The highest BCUT2D eigenvalue weighted by atomic mass is 32.2. The van der Waals surface area contributed by atoms with Crippen LogP contribution in [0.1, 0.15) is 6.92 Å². The third-order valence-electron chi connectivity index (χ3n) is 2.59. The molecule has 2 N–H and O–H groups in total. The second-order valence-electron chi connectivity index (χ2n) is 4.39. The number of nitrogens with zero attached hydrogens (tertiary/aromatic N) is 1. The first-order valence-corrected chi connectivity index (χ1v) is 7.34. The molecule has 0 spiro atoms. The van der Waals surface area contributed by atoms with Gasteiger partial charge in [0, 0.05) is 12.6 Å². The van der Waals surface area contributed by atoms with E-state index in [1.807, 2.05) is 6.92 Å². The van der Waals surface area contributed by atoms with E-state index >= 15 is 0 Å². The van der Waals surface area contributed by atoms with Crippen molar-refractivity contribution in [3.63, 3.8) is 0 Å². The minimum Gasteiger partial charge on any atom is -0.319 e. The Bertz CT molecular complexity index is 591. The van der Waals surface area contributed by atoms with Gasteiger partial charge in [-0.15, -0.1) is 0 Å². The summed E-state index contributed by atoms with van der Waals surface area (Å²) in [6.07, 6.45) is 0. The van der Waals surface area contributed by atoms with Crippen molar-refractivity contribution in [2.75, 3.05) is 20.1 Å². The number of hydrogen-bond acceptors (Lipinski definition) is 5. The van der Waals surface area contributed by atoms with Crippen LogP contribution in [0.5, 0.6) is 0 Å². The maximum absolute atomic E-state index is 13.6. The topological polar surface area (TPSA) is 101 Å². The number of nitro groups is 1. The van der Waals surface area contributed by atoms with Gasteiger partial charge in [0.05, 0.1) is 11.0 Å². The summed E-state index contributed by atoms with van der Waals surface area (Å²) in [6.45, 7) is 2.57. The van der Waals surface area contributed by atoms with Crippen LogP contribution in [0.3, 0.4) is 0 Å². The van der Waals surface area contributed by atoms with Gasteiger partial charge < -0.3 is 5.32 Å². The molecule has 1 rings (SSSR count). The summed E-state index contributed by atoms with van der Waals surface area (Å²) >= 11 is 0. The number of rotatable bonds is 7. The van der Waals surface area contributed by atoms with E-state index in [-0.39, 0.29) is 12.5 Å². The van der Waals surface area contributed by atoms with Crippen molar-refractivity contribution in [1.82, 2.24) is 10.0 Å². The lowest BCUT2D eigenvalue weighted by molar-refractivity contribution is -0.385. The quantitative estimate of drug-likeness (QED) is 0.575. The Balaban J connectivity index is 2.90. The molecular weight excluding hydrogens is 289 g/mol. The van der Waals surface area contributed by atoms with E-state index in [0.717, 1.165) is 12.1 Å². The molecule has 0 aliphatic heterocycles. The summed E-state index contributed by atoms with van der Waals surface area (Å²) in [6, 6.07) is 2.43. The molecule has 20 heavy (non-hydrogen) atoms. The SMILES string of the molecule is CNCC(C)CNS(=O)(=O)c1ccc([N+](=O)[O-])cc1F. The van der Waals surface area contributed by atoms with Gasteiger partial charge >= 0.3 is 0 Å². The summed E-state index contributed by atoms with van der Waals surface area (Å²) in [4.78, 5) is 9.08. The van der Waals surface area contributed by atoms with Gasteiger partial charge in [0.15, 0.2) is 0 Å². The monoisotopic (exact) mass is 305 g/mol. The lowest BCUT2D eigenvalue weighted by Crippen LogP contribution is -2.32. The van der Waals surface area contributed by atoms with E-state index in [1.54, 1.807) is 7.05 Å². The van der Waals surface area contributed by atoms with Crippen molar-refractivity contribution >= 4 is 15.7 Å². The highest BCUT2D eigenvalue weighted by Gasteiger charge is 2.21. The van der Waals surface area contributed by atoms with E-state index in [9.17, 15) is 22.9 Å². The van der Waals surface area contributed by atoms with Gasteiger partial charge in [0.2, 0.25) is 10.0 Å². The molecule has 9 heteroatoms. The first kappa shape index (κ1) is 16.5. The van der Waals surface area contributed by atoms with Crippen LogP contribution in [-0.2, 0) is 10.0 Å². The van der Waals surface area contributed by atoms with Crippen molar-refractivity contribution in [1.29, 1.82) is 0 Å². The van der Waals surface area contributed by atoms with Crippen LogP contribution >= 0.6 is 0 Å². The molecule has 1 aromatic carbocycles. The van der Waals surface area contributed by atoms with Crippen LogP contribution in [0.4, 0.5) is 10.1 Å². The second kappa shape index (κ2) is 6.73.